The van der Waals surface area contributed by atoms with E-state index in [2.05, 4.69) is 15.1 Å². The van der Waals surface area contributed by atoms with Crippen LogP contribution in [0.3, 0.4) is 0 Å². The molecule has 0 saturated heterocycles. The number of hydrogen-bond donors (Lipinski definition) is 2. The van der Waals surface area contributed by atoms with E-state index >= 15 is 0 Å². The third kappa shape index (κ3) is 2.07. The zero-order chi connectivity index (χ0) is 11.5. The van der Waals surface area contributed by atoms with Crippen LogP contribution in [0.5, 0.6) is 0 Å². The van der Waals surface area contributed by atoms with Crippen molar-refractivity contribution < 1.29 is 4.52 Å². The SMILES string of the molecule is CC(N)C(N)c1nc(-c2cccnc2)no1. The lowest BCUT2D eigenvalue weighted by molar-refractivity contribution is 0.341. The van der Waals surface area contributed by atoms with Gasteiger partial charge in [-0.15, -0.1) is 0 Å². The van der Waals surface area contributed by atoms with Crippen LogP contribution in [-0.2, 0) is 0 Å². The van der Waals surface area contributed by atoms with E-state index in [-0.39, 0.29) is 6.04 Å². The van der Waals surface area contributed by atoms with Gasteiger partial charge < -0.3 is 16.0 Å². The van der Waals surface area contributed by atoms with Gasteiger partial charge in [0.1, 0.15) is 0 Å². The molecule has 84 valence electrons. The lowest BCUT2D eigenvalue weighted by atomic mass is 10.2. The van der Waals surface area contributed by atoms with Crippen LogP contribution in [0.4, 0.5) is 0 Å². The van der Waals surface area contributed by atoms with Gasteiger partial charge in [0.2, 0.25) is 11.7 Å². The van der Waals surface area contributed by atoms with Crippen LogP contribution >= 0.6 is 0 Å². The number of hydrogen-bond acceptors (Lipinski definition) is 6. The Balaban J connectivity index is 2.27. The van der Waals surface area contributed by atoms with Crippen molar-refractivity contribution in [1.82, 2.24) is 15.1 Å². The molecule has 2 rings (SSSR count). The first kappa shape index (κ1) is 10.7. The van der Waals surface area contributed by atoms with E-state index in [1.807, 2.05) is 6.07 Å². The zero-order valence-corrected chi connectivity index (χ0v) is 8.87. The summed E-state index contributed by atoms with van der Waals surface area (Å²) in [7, 11) is 0. The maximum absolute atomic E-state index is 5.79. The quantitative estimate of drug-likeness (QED) is 0.778. The molecule has 2 aromatic heterocycles. The van der Waals surface area contributed by atoms with Gasteiger partial charge >= 0.3 is 0 Å². The van der Waals surface area contributed by atoms with Crippen molar-refractivity contribution in [3.8, 4) is 11.4 Å². The van der Waals surface area contributed by atoms with E-state index in [0.29, 0.717) is 11.7 Å². The third-order valence-corrected chi connectivity index (χ3v) is 2.21. The van der Waals surface area contributed by atoms with Gasteiger partial charge in [0.15, 0.2) is 0 Å². The van der Waals surface area contributed by atoms with Crippen molar-refractivity contribution >= 4 is 0 Å². The molecule has 0 aromatic carbocycles. The number of aromatic nitrogens is 3. The number of pyridine rings is 1. The van der Waals surface area contributed by atoms with Crippen LogP contribution in [0.25, 0.3) is 11.4 Å². The largest absolute Gasteiger partial charge is 0.337 e. The van der Waals surface area contributed by atoms with Crippen LogP contribution in [0.2, 0.25) is 0 Å². The summed E-state index contributed by atoms with van der Waals surface area (Å²) in [6.45, 7) is 1.79. The van der Waals surface area contributed by atoms with Gasteiger partial charge in [-0.05, 0) is 19.1 Å². The molecule has 2 unspecified atom stereocenters. The summed E-state index contributed by atoms with van der Waals surface area (Å²) in [5.41, 5.74) is 12.2. The lowest BCUT2D eigenvalue weighted by Crippen LogP contribution is -2.31. The summed E-state index contributed by atoms with van der Waals surface area (Å²) in [6.07, 6.45) is 3.34. The summed E-state index contributed by atoms with van der Waals surface area (Å²) in [6, 6.07) is 2.97. The Morgan fingerprint density at radius 2 is 2.19 bits per heavy atom. The molecule has 0 aliphatic heterocycles. The molecule has 0 radical (unpaired) electrons. The highest BCUT2D eigenvalue weighted by Crippen LogP contribution is 2.17. The molecular weight excluding hydrogens is 206 g/mol. The van der Waals surface area contributed by atoms with Crippen LogP contribution in [0.1, 0.15) is 18.9 Å². The second kappa shape index (κ2) is 4.38. The van der Waals surface area contributed by atoms with Crippen LogP contribution in [-0.4, -0.2) is 21.2 Å². The van der Waals surface area contributed by atoms with Crippen molar-refractivity contribution in [2.75, 3.05) is 0 Å². The smallest absolute Gasteiger partial charge is 0.245 e. The zero-order valence-electron chi connectivity index (χ0n) is 8.87. The molecule has 6 heteroatoms. The van der Waals surface area contributed by atoms with E-state index in [9.17, 15) is 0 Å². The second-order valence-corrected chi connectivity index (χ2v) is 3.58. The average Bonchev–Trinajstić information content (AvgIpc) is 2.78. The fraction of sp³-hybridized carbons (Fsp3) is 0.300. The van der Waals surface area contributed by atoms with Gasteiger partial charge in [-0.2, -0.15) is 4.98 Å². The first-order chi connectivity index (χ1) is 7.68. The maximum Gasteiger partial charge on any atom is 0.245 e. The van der Waals surface area contributed by atoms with E-state index < -0.39 is 6.04 Å². The fourth-order valence-corrected chi connectivity index (χ4v) is 1.21. The van der Waals surface area contributed by atoms with Crippen molar-refractivity contribution in [3.05, 3.63) is 30.4 Å². The van der Waals surface area contributed by atoms with Gasteiger partial charge in [-0.3, -0.25) is 4.98 Å². The van der Waals surface area contributed by atoms with Crippen LogP contribution in [0.15, 0.2) is 29.0 Å². The van der Waals surface area contributed by atoms with E-state index in [1.54, 1.807) is 25.4 Å². The monoisotopic (exact) mass is 219 g/mol. The van der Waals surface area contributed by atoms with Gasteiger partial charge in [-0.25, -0.2) is 0 Å². The van der Waals surface area contributed by atoms with Gasteiger partial charge in [0.05, 0.1) is 6.04 Å². The molecular formula is C10H13N5O. The molecule has 2 aromatic rings. The Labute approximate surface area is 92.7 Å². The third-order valence-electron chi connectivity index (χ3n) is 2.21. The van der Waals surface area contributed by atoms with E-state index in [4.69, 9.17) is 16.0 Å². The van der Waals surface area contributed by atoms with Crippen LogP contribution in [0, 0.1) is 0 Å². The summed E-state index contributed by atoms with van der Waals surface area (Å²) >= 11 is 0. The van der Waals surface area contributed by atoms with Crippen molar-refractivity contribution in [3.63, 3.8) is 0 Å². The summed E-state index contributed by atoms with van der Waals surface area (Å²) in [5.74, 6) is 0.813. The van der Waals surface area contributed by atoms with Crippen LogP contribution < -0.4 is 11.5 Å². The minimum Gasteiger partial charge on any atom is -0.337 e. The molecule has 0 bridgehead atoms. The molecule has 2 atom stereocenters. The summed E-state index contributed by atoms with van der Waals surface area (Å²) in [4.78, 5) is 8.15. The Morgan fingerprint density at radius 1 is 1.38 bits per heavy atom. The normalized spacial score (nSPS) is 14.7. The fourth-order valence-electron chi connectivity index (χ4n) is 1.21. The molecule has 0 aliphatic carbocycles. The predicted octanol–water partition coefficient (Wildman–Crippen LogP) is 0.479. The molecule has 0 aliphatic rings. The summed E-state index contributed by atoms with van der Waals surface area (Å²) < 4.78 is 5.05. The number of rotatable bonds is 3. The van der Waals surface area contributed by atoms with Gasteiger partial charge in [-0.1, -0.05) is 5.16 Å². The highest BCUT2D eigenvalue weighted by Gasteiger charge is 2.18. The minimum absolute atomic E-state index is 0.234. The Hall–Kier alpha value is -1.79. The molecule has 2 heterocycles. The molecule has 0 saturated carbocycles. The first-order valence-electron chi connectivity index (χ1n) is 4.93. The average molecular weight is 219 g/mol. The van der Waals surface area contributed by atoms with Gasteiger partial charge in [0.25, 0.3) is 0 Å². The topological polar surface area (TPSA) is 104 Å². The van der Waals surface area contributed by atoms with Gasteiger partial charge in [0, 0.05) is 24.0 Å². The molecule has 4 N–H and O–H groups in total. The number of nitrogens with zero attached hydrogens (tertiary/aromatic N) is 3. The number of nitrogens with two attached hydrogens (primary N) is 2. The standard InChI is InChI=1S/C10H13N5O/c1-6(11)8(12)10-14-9(15-16-10)7-3-2-4-13-5-7/h2-6,8H,11-12H2,1H3. The predicted molar refractivity (Wildman–Crippen MR) is 58.1 cm³/mol. The second-order valence-electron chi connectivity index (χ2n) is 3.58. The van der Waals surface area contributed by atoms with Crippen molar-refractivity contribution in [1.29, 1.82) is 0 Å². The maximum atomic E-state index is 5.79. The molecule has 0 spiro atoms. The Morgan fingerprint density at radius 3 is 2.81 bits per heavy atom. The van der Waals surface area contributed by atoms with E-state index in [0.717, 1.165) is 5.56 Å². The lowest BCUT2D eigenvalue weighted by Gasteiger charge is -2.09. The van der Waals surface area contributed by atoms with E-state index in [1.165, 1.54) is 0 Å². The Bertz CT molecular complexity index is 453. The van der Waals surface area contributed by atoms with Crippen molar-refractivity contribution in [2.45, 2.75) is 19.0 Å². The molecule has 6 nitrogen and oxygen atoms in total. The molecule has 0 fully saturated rings. The highest BCUT2D eigenvalue weighted by molar-refractivity contribution is 5.51. The Kier molecular flexibility index (Phi) is 2.93. The first-order valence-corrected chi connectivity index (χ1v) is 4.93. The molecule has 16 heavy (non-hydrogen) atoms. The molecule has 0 amide bonds. The minimum atomic E-state index is -0.446. The summed E-state index contributed by atoms with van der Waals surface area (Å²) in [5, 5.41) is 3.83. The van der Waals surface area contributed by atoms with Crippen molar-refractivity contribution in [2.24, 2.45) is 11.5 Å². The highest BCUT2D eigenvalue weighted by atomic mass is 16.5.